The molecule has 1 aliphatic rings. The Balaban J connectivity index is 2.04. The van der Waals surface area contributed by atoms with Gasteiger partial charge in [0.15, 0.2) is 0 Å². The maximum atomic E-state index is 3.66. The molecule has 2 unspecified atom stereocenters. The molecule has 0 saturated heterocycles. The van der Waals surface area contributed by atoms with Gasteiger partial charge in [0.05, 0.1) is 0 Å². The van der Waals surface area contributed by atoms with Gasteiger partial charge < -0.3 is 5.32 Å². The van der Waals surface area contributed by atoms with Crippen LogP contribution in [0.4, 0.5) is 0 Å². The van der Waals surface area contributed by atoms with Crippen LogP contribution in [0, 0.1) is 11.8 Å². The van der Waals surface area contributed by atoms with Gasteiger partial charge in [-0.3, -0.25) is 0 Å². The van der Waals surface area contributed by atoms with Crippen molar-refractivity contribution < 1.29 is 0 Å². The lowest BCUT2D eigenvalue weighted by Crippen LogP contribution is -2.33. The van der Waals surface area contributed by atoms with E-state index in [9.17, 15) is 0 Å². The summed E-state index contributed by atoms with van der Waals surface area (Å²) in [5.41, 5.74) is 0. The Bertz CT molecular complexity index is 181. The molecule has 0 aromatic heterocycles. The predicted octanol–water partition coefficient (Wildman–Crippen LogP) is 3.54. The van der Waals surface area contributed by atoms with Gasteiger partial charge in [-0.1, -0.05) is 27.7 Å². The van der Waals surface area contributed by atoms with Gasteiger partial charge >= 0.3 is 0 Å². The first-order valence-corrected chi connectivity index (χ1v) is 7.24. The molecule has 1 fully saturated rings. The van der Waals surface area contributed by atoms with Crippen molar-refractivity contribution in [2.45, 2.75) is 58.2 Å². The molecular formula is C13H27NS. The van der Waals surface area contributed by atoms with E-state index in [2.05, 4.69) is 51.7 Å². The Labute approximate surface area is 99.8 Å². The molecule has 0 aromatic rings. The number of hydrogen-bond donors (Lipinski definition) is 1. The lowest BCUT2D eigenvalue weighted by Gasteiger charge is -2.22. The summed E-state index contributed by atoms with van der Waals surface area (Å²) in [5, 5.41) is 3.66. The molecule has 0 radical (unpaired) electrons. The molecule has 1 N–H and O–H groups in total. The minimum absolute atomic E-state index is 0.401. The first-order valence-electron chi connectivity index (χ1n) is 6.26. The van der Waals surface area contributed by atoms with E-state index in [0.29, 0.717) is 10.8 Å². The largest absolute Gasteiger partial charge is 0.313 e. The predicted molar refractivity (Wildman–Crippen MR) is 71.6 cm³/mol. The van der Waals surface area contributed by atoms with Crippen molar-refractivity contribution in [1.82, 2.24) is 5.32 Å². The summed E-state index contributed by atoms with van der Waals surface area (Å²) in [6.45, 7) is 12.8. The lowest BCUT2D eigenvalue weighted by molar-refractivity contribution is 0.439. The Morgan fingerprint density at radius 2 is 1.87 bits per heavy atom. The highest BCUT2D eigenvalue weighted by atomic mass is 32.2. The quantitative estimate of drug-likeness (QED) is 0.747. The molecule has 1 rings (SSSR count). The van der Waals surface area contributed by atoms with Crippen LogP contribution < -0.4 is 5.32 Å². The summed E-state index contributed by atoms with van der Waals surface area (Å²) in [6.07, 6.45) is 2.93. The minimum Gasteiger partial charge on any atom is -0.313 e. The summed E-state index contributed by atoms with van der Waals surface area (Å²) >= 11 is 2.05. The van der Waals surface area contributed by atoms with E-state index in [4.69, 9.17) is 0 Å². The first-order chi connectivity index (χ1) is 6.88. The lowest BCUT2D eigenvalue weighted by atomic mass is 10.1. The molecule has 15 heavy (non-hydrogen) atoms. The van der Waals surface area contributed by atoms with Crippen molar-refractivity contribution in [3.63, 3.8) is 0 Å². The fourth-order valence-corrected chi connectivity index (χ4v) is 2.52. The summed E-state index contributed by atoms with van der Waals surface area (Å²) in [7, 11) is 0. The number of rotatable bonds is 6. The summed E-state index contributed by atoms with van der Waals surface area (Å²) in [4.78, 5) is 0. The highest BCUT2D eigenvalue weighted by Gasteiger charge is 2.27. The fourth-order valence-electron chi connectivity index (χ4n) is 1.65. The Hall–Kier alpha value is 0.310. The van der Waals surface area contributed by atoms with E-state index in [1.165, 1.54) is 25.1 Å². The van der Waals surface area contributed by atoms with E-state index in [-0.39, 0.29) is 0 Å². The van der Waals surface area contributed by atoms with Crippen LogP contribution in [0.5, 0.6) is 0 Å². The van der Waals surface area contributed by atoms with Crippen LogP contribution in [0.25, 0.3) is 0 Å². The molecule has 0 amide bonds. The topological polar surface area (TPSA) is 12.0 Å². The second-order valence-electron chi connectivity index (χ2n) is 6.05. The molecule has 1 aliphatic carbocycles. The van der Waals surface area contributed by atoms with Gasteiger partial charge in [-0.05, 0) is 38.1 Å². The van der Waals surface area contributed by atoms with Gasteiger partial charge in [0.25, 0.3) is 0 Å². The fraction of sp³-hybridized carbons (Fsp3) is 1.00. The van der Waals surface area contributed by atoms with Gasteiger partial charge in [-0.2, -0.15) is 11.8 Å². The third-order valence-electron chi connectivity index (χ3n) is 2.98. The third kappa shape index (κ3) is 6.47. The maximum absolute atomic E-state index is 3.66. The summed E-state index contributed by atoms with van der Waals surface area (Å²) in [6, 6.07) is 0.649. The van der Waals surface area contributed by atoms with E-state index in [0.717, 1.165) is 11.8 Å². The monoisotopic (exact) mass is 229 g/mol. The standard InChI is InChI=1S/C13H27NS/c1-10(12-6-7-12)8-14-11(2)9-15-13(3,4)5/h10-12,14H,6-9H2,1-5H3. The smallest absolute Gasteiger partial charge is 0.0130 e. The van der Waals surface area contributed by atoms with Gasteiger partial charge in [-0.25, -0.2) is 0 Å². The molecule has 1 nitrogen and oxygen atoms in total. The van der Waals surface area contributed by atoms with Crippen molar-refractivity contribution in [3.8, 4) is 0 Å². The molecule has 0 aromatic carbocycles. The van der Waals surface area contributed by atoms with Crippen molar-refractivity contribution in [3.05, 3.63) is 0 Å². The maximum Gasteiger partial charge on any atom is 0.0130 e. The highest BCUT2D eigenvalue weighted by molar-refractivity contribution is 8.00. The highest BCUT2D eigenvalue weighted by Crippen LogP contribution is 2.36. The zero-order chi connectivity index (χ0) is 11.5. The minimum atomic E-state index is 0.401. The number of thioether (sulfide) groups is 1. The SMILES string of the molecule is CC(CSC(C)(C)C)NCC(C)C1CC1. The van der Waals surface area contributed by atoms with Gasteiger partial charge in [0.1, 0.15) is 0 Å². The van der Waals surface area contributed by atoms with Crippen molar-refractivity contribution >= 4 is 11.8 Å². The Morgan fingerprint density at radius 1 is 1.27 bits per heavy atom. The van der Waals surface area contributed by atoms with Gasteiger partial charge in [0.2, 0.25) is 0 Å². The van der Waals surface area contributed by atoms with Crippen molar-refractivity contribution in [1.29, 1.82) is 0 Å². The van der Waals surface area contributed by atoms with Gasteiger partial charge in [0, 0.05) is 16.5 Å². The van der Waals surface area contributed by atoms with Crippen LogP contribution >= 0.6 is 11.8 Å². The first kappa shape index (κ1) is 13.4. The normalized spacial score (nSPS) is 21.4. The van der Waals surface area contributed by atoms with E-state index in [1.807, 2.05) is 0 Å². The van der Waals surface area contributed by atoms with Crippen LogP contribution in [0.15, 0.2) is 0 Å². The Morgan fingerprint density at radius 3 is 2.33 bits per heavy atom. The van der Waals surface area contributed by atoms with Gasteiger partial charge in [-0.15, -0.1) is 0 Å². The van der Waals surface area contributed by atoms with Crippen LogP contribution in [0.1, 0.15) is 47.5 Å². The zero-order valence-electron chi connectivity index (χ0n) is 11.0. The van der Waals surface area contributed by atoms with E-state index in [1.54, 1.807) is 0 Å². The van der Waals surface area contributed by atoms with Crippen LogP contribution in [-0.2, 0) is 0 Å². The molecule has 1 saturated carbocycles. The molecule has 0 heterocycles. The molecule has 2 atom stereocenters. The summed E-state index contributed by atoms with van der Waals surface area (Å²) < 4.78 is 0.401. The van der Waals surface area contributed by atoms with Crippen LogP contribution in [0.2, 0.25) is 0 Å². The number of nitrogens with one attached hydrogen (secondary N) is 1. The van der Waals surface area contributed by atoms with Crippen LogP contribution in [-0.4, -0.2) is 23.1 Å². The molecule has 0 aliphatic heterocycles. The molecular weight excluding hydrogens is 202 g/mol. The average Bonchev–Trinajstić information content (AvgIpc) is 2.92. The third-order valence-corrected chi connectivity index (χ3v) is 4.51. The van der Waals surface area contributed by atoms with E-state index >= 15 is 0 Å². The van der Waals surface area contributed by atoms with Crippen molar-refractivity contribution in [2.24, 2.45) is 11.8 Å². The van der Waals surface area contributed by atoms with Crippen molar-refractivity contribution in [2.75, 3.05) is 12.3 Å². The van der Waals surface area contributed by atoms with Crippen LogP contribution in [0.3, 0.4) is 0 Å². The number of hydrogen-bond acceptors (Lipinski definition) is 2. The Kier molecular flexibility index (Phi) is 4.98. The molecule has 90 valence electrons. The second kappa shape index (κ2) is 5.58. The molecule has 0 spiro atoms. The van der Waals surface area contributed by atoms with E-state index < -0.39 is 0 Å². The zero-order valence-corrected chi connectivity index (χ0v) is 11.8. The molecule has 0 bridgehead atoms. The second-order valence-corrected chi connectivity index (χ2v) is 7.89. The summed E-state index contributed by atoms with van der Waals surface area (Å²) in [5.74, 6) is 3.13. The average molecular weight is 229 g/mol. The molecule has 2 heteroatoms.